The van der Waals surface area contributed by atoms with Crippen LogP contribution in [0.4, 0.5) is 0 Å². The number of nitrogens with zero attached hydrogens (tertiary/aromatic N) is 1. The maximum absolute atomic E-state index is 12.0. The number of carbonyl (C=O) groups is 1. The molecule has 0 saturated heterocycles. The standard InChI is InChI=1S/C32H30N.C15H24O2.Ir/c1-20-16-31(2,3)29-19-33-30(15-27(20)29)26-10-6-9-23-24(26)11-12-28-25(23)13-14-32(28)17-21-7-4-5-8-22(21)18-32;16-14(12-7-3-1-4-8-12)11-15(17)13-9-5-2-6-10-13;/h4-9,11-12,15,19-20H,13-14,16-18H2,1-3H3;11-13,16H,1-10H2;/q-1;;/b;14-11-;. The van der Waals surface area contributed by atoms with Crippen molar-refractivity contribution in [2.24, 2.45) is 11.8 Å². The first kappa shape index (κ1) is 36.3. The summed E-state index contributed by atoms with van der Waals surface area (Å²) in [7, 11) is 0. The average molecular weight is 857 g/mol. The smallest absolute Gasteiger partial charge is 0.162 e. The predicted octanol–water partition coefficient (Wildman–Crippen LogP) is 11.6. The number of aliphatic hydroxyl groups excluding tert-OH is 1. The third-order valence-electron chi connectivity index (χ3n) is 13.3. The van der Waals surface area contributed by atoms with Gasteiger partial charge in [-0.1, -0.05) is 118 Å². The van der Waals surface area contributed by atoms with Crippen molar-refractivity contribution in [3.63, 3.8) is 0 Å². The van der Waals surface area contributed by atoms with Gasteiger partial charge in [-0.05, 0) is 103 Å². The molecule has 5 aliphatic carbocycles. The number of rotatable bonds is 4. The van der Waals surface area contributed by atoms with Gasteiger partial charge in [0.2, 0.25) is 0 Å². The van der Waals surface area contributed by atoms with Gasteiger partial charge < -0.3 is 10.1 Å². The molecule has 1 heterocycles. The number of benzene rings is 3. The van der Waals surface area contributed by atoms with Crippen molar-refractivity contribution in [2.75, 3.05) is 0 Å². The van der Waals surface area contributed by atoms with E-state index in [9.17, 15) is 9.90 Å². The number of hydrogen-bond donors (Lipinski definition) is 1. The van der Waals surface area contributed by atoms with Crippen LogP contribution < -0.4 is 0 Å². The molecule has 1 N–H and O–H groups in total. The Bertz CT molecular complexity index is 1920. The molecular formula is C47H54IrNO2-. The van der Waals surface area contributed by atoms with Crippen molar-refractivity contribution in [2.45, 2.75) is 134 Å². The van der Waals surface area contributed by atoms with Crippen molar-refractivity contribution in [3.8, 4) is 11.3 Å². The van der Waals surface area contributed by atoms with E-state index in [1.807, 2.05) is 0 Å². The Hall–Kier alpha value is -3.07. The zero-order chi connectivity index (χ0) is 34.5. The Morgan fingerprint density at radius 1 is 0.863 bits per heavy atom. The number of hydrogen-bond acceptors (Lipinski definition) is 3. The molecule has 2 fully saturated rings. The predicted molar refractivity (Wildman–Crippen MR) is 205 cm³/mol. The SMILES string of the molecule is CC1CC(C)(C)c2cnc(-c3[c-]ccc4c5c(ccc34)C3(CC5)Cc4ccccc4C3)cc21.O=C(/C=C(\O)C1CCCCC1)C1CCCCC1.[Ir]. The molecule has 9 rings (SSSR count). The summed E-state index contributed by atoms with van der Waals surface area (Å²) >= 11 is 0. The van der Waals surface area contributed by atoms with Gasteiger partial charge in [-0.15, -0.1) is 23.8 Å². The summed E-state index contributed by atoms with van der Waals surface area (Å²) in [6, 6.07) is 24.2. The van der Waals surface area contributed by atoms with Crippen molar-refractivity contribution < 1.29 is 30.0 Å². The van der Waals surface area contributed by atoms with E-state index in [1.165, 1.54) is 92.5 Å². The molecule has 4 heteroatoms. The second-order valence-corrected chi connectivity index (χ2v) is 17.1. The van der Waals surface area contributed by atoms with E-state index in [2.05, 4.69) is 87.6 Å². The first-order valence-corrected chi connectivity index (χ1v) is 19.7. The zero-order valence-corrected chi connectivity index (χ0v) is 33.2. The molecule has 2 saturated carbocycles. The Morgan fingerprint density at radius 2 is 1.53 bits per heavy atom. The molecular weight excluding hydrogens is 803 g/mol. The summed E-state index contributed by atoms with van der Waals surface area (Å²) in [5, 5.41) is 12.7. The Kier molecular flexibility index (Phi) is 10.5. The van der Waals surface area contributed by atoms with Gasteiger partial charge in [0.15, 0.2) is 5.78 Å². The summed E-state index contributed by atoms with van der Waals surface area (Å²) in [5.74, 6) is 1.57. The molecule has 1 radical (unpaired) electrons. The number of carbonyl (C=O) groups excluding carboxylic acids is 1. The minimum absolute atomic E-state index is 0. The number of fused-ring (bicyclic) bond motifs is 6. The Balaban J connectivity index is 0.000000192. The van der Waals surface area contributed by atoms with Gasteiger partial charge in [0.1, 0.15) is 0 Å². The fourth-order valence-corrected chi connectivity index (χ4v) is 10.6. The second kappa shape index (κ2) is 14.7. The molecule has 3 nitrogen and oxygen atoms in total. The van der Waals surface area contributed by atoms with Gasteiger partial charge in [-0.2, -0.15) is 0 Å². The molecule has 1 unspecified atom stereocenters. The minimum Gasteiger partial charge on any atom is -0.512 e. The molecule has 5 aliphatic rings. The largest absolute Gasteiger partial charge is 0.512 e. The normalized spacial score (nSPS) is 22.1. The van der Waals surface area contributed by atoms with E-state index >= 15 is 0 Å². The van der Waals surface area contributed by atoms with Gasteiger partial charge >= 0.3 is 0 Å². The average Bonchev–Trinajstić information content (AvgIpc) is 3.78. The molecule has 3 aromatic carbocycles. The molecule has 4 aromatic rings. The van der Waals surface area contributed by atoms with Crippen LogP contribution in [0.5, 0.6) is 0 Å². The molecule has 0 amide bonds. The van der Waals surface area contributed by atoms with Gasteiger partial charge in [-0.3, -0.25) is 4.79 Å². The van der Waals surface area contributed by atoms with Crippen LogP contribution in [0.2, 0.25) is 0 Å². The summed E-state index contributed by atoms with van der Waals surface area (Å²) in [4.78, 5) is 17.0. The fraction of sp³-hybridized carbons (Fsp3) is 0.489. The number of pyridine rings is 1. The van der Waals surface area contributed by atoms with Gasteiger partial charge in [-0.25, -0.2) is 0 Å². The maximum atomic E-state index is 12.0. The van der Waals surface area contributed by atoms with E-state index in [1.54, 1.807) is 28.3 Å². The van der Waals surface area contributed by atoms with Gasteiger partial charge in [0.25, 0.3) is 0 Å². The minimum atomic E-state index is 0. The number of aliphatic hydroxyl groups is 1. The molecule has 0 bridgehead atoms. The van der Waals surface area contributed by atoms with Crippen LogP contribution >= 0.6 is 0 Å². The Morgan fingerprint density at radius 3 is 2.22 bits per heavy atom. The zero-order valence-electron chi connectivity index (χ0n) is 30.8. The van der Waals surface area contributed by atoms with E-state index in [4.69, 9.17) is 4.98 Å². The van der Waals surface area contributed by atoms with E-state index in [0.717, 1.165) is 36.9 Å². The van der Waals surface area contributed by atoms with E-state index in [0.29, 0.717) is 17.1 Å². The van der Waals surface area contributed by atoms with Crippen LogP contribution in [0.3, 0.4) is 0 Å². The van der Waals surface area contributed by atoms with Crippen molar-refractivity contribution in [1.29, 1.82) is 0 Å². The molecule has 51 heavy (non-hydrogen) atoms. The molecule has 269 valence electrons. The number of aryl methyl sites for hydroxylation is 1. The first-order chi connectivity index (χ1) is 24.2. The van der Waals surface area contributed by atoms with Crippen LogP contribution in [0.1, 0.15) is 137 Å². The quantitative estimate of drug-likeness (QED) is 0.126. The first-order valence-electron chi connectivity index (χ1n) is 19.7. The number of aromatic nitrogens is 1. The summed E-state index contributed by atoms with van der Waals surface area (Å²) in [6.45, 7) is 7.05. The molecule has 1 atom stereocenters. The summed E-state index contributed by atoms with van der Waals surface area (Å²) < 4.78 is 0. The summed E-state index contributed by atoms with van der Waals surface area (Å²) in [5.41, 5.74) is 11.9. The molecule has 1 spiro atoms. The third kappa shape index (κ3) is 6.93. The molecule has 0 aliphatic heterocycles. The maximum Gasteiger partial charge on any atom is 0.162 e. The van der Waals surface area contributed by atoms with Gasteiger partial charge in [0.05, 0.1) is 5.76 Å². The van der Waals surface area contributed by atoms with E-state index < -0.39 is 0 Å². The monoisotopic (exact) mass is 857 g/mol. The Labute approximate surface area is 319 Å². The van der Waals surface area contributed by atoms with Crippen LogP contribution in [-0.4, -0.2) is 15.9 Å². The van der Waals surface area contributed by atoms with Crippen molar-refractivity contribution in [3.05, 3.63) is 112 Å². The molecule has 1 aromatic heterocycles. The van der Waals surface area contributed by atoms with Crippen molar-refractivity contribution >= 4 is 16.6 Å². The fourth-order valence-electron chi connectivity index (χ4n) is 10.6. The second-order valence-electron chi connectivity index (χ2n) is 17.1. The van der Waals surface area contributed by atoms with Gasteiger partial charge in [0, 0.05) is 49.6 Å². The van der Waals surface area contributed by atoms with Crippen LogP contribution in [0.25, 0.3) is 22.0 Å². The third-order valence-corrected chi connectivity index (χ3v) is 13.3. The van der Waals surface area contributed by atoms with E-state index in [-0.39, 0.29) is 43.1 Å². The number of allylic oxidation sites excluding steroid dienone is 2. The summed E-state index contributed by atoms with van der Waals surface area (Å²) in [6.07, 6.45) is 21.1. The van der Waals surface area contributed by atoms with Crippen LogP contribution in [0, 0.1) is 17.9 Å². The van der Waals surface area contributed by atoms with Crippen LogP contribution in [0.15, 0.2) is 72.6 Å². The number of ketones is 1. The van der Waals surface area contributed by atoms with Crippen molar-refractivity contribution in [1.82, 2.24) is 4.98 Å². The topological polar surface area (TPSA) is 50.2 Å². The van der Waals surface area contributed by atoms with Crippen LogP contribution in [-0.2, 0) is 55.0 Å².